The van der Waals surface area contributed by atoms with E-state index in [4.69, 9.17) is 11.0 Å². The second-order valence-electron chi connectivity index (χ2n) is 14.8. The Kier molecular flexibility index (Phi) is 12.0. The Balaban J connectivity index is 0.000000237. The van der Waals surface area contributed by atoms with Crippen LogP contribution in [0, 0.1) is 18.2 Å². The van der Waals surface area contributed by atoms with E-state index >= 15 is 0 Å². The van der Waals surface area contributed by atoms with Crippen molar-refractivity contribution < 1.29 is 31.1 Å². The first-order chi connectivity index (χ1) is 34.7. The summed E-state index contributed by atoms with van der Waals surface area (Å²) in [5, 5.41) is 0. The average Bonchev–Trinajstić information content (AvgIpc) is 3.44. The van der Waals surface area contributed by atoms with E-state index in [-0.39, 0.29) is 42.4 Å². The third kappa shape index (κ3) is 11.8. The minimum Gasteiger partial charge on any atom is -0.304 e. The Bertz CT molecular complexity index is 3210. The van der Waals surface area contributed by atoms with Gasteiger partial charge in [0.1, 0.15) is 0 Å². The fourth-order valence-electron chi connectivity index (χ4n) is 7.15. The summed E-state index contributed by atoms with van der Waals surface area (Å²) in [5.74, 6) is 0. The Morgan fingerprint density at radius 1 is 0.369 bits per heavy atom. The molecule has 7 aromatic carbocycles. The molecule has 10 rings (SSSR count). The summed E-state index contributed by atoms with van der Waals surface area (Å²) < 4.78 is 72.1. The van der Waals surface area contributed by atoms with Crippen LogP contribution in [0.3, 0.4) is 0 Å². The van der Waals surface area contributed by atoms with Gasteiger partial charge in [-0.05, 0) is 87.8 Å². The molecule has 65 heavy (non-hydrogen) atoms. The van der Waals surface area contributed by atoms with Gasteiger partial charge in [0.25, 0.3) is 0 Å². The smallest absolute Gasteiger partial charge is 0.304 e. The molecule has 3 nitrogen and oxygen atoms in total. The Morgan fingerprint density at radius 3 is 1.34 bits per heavy atom. The molecule has 0 aliphatic rings. The van der Waals surface area contributed by atoms with Gasteiger partial charge in [0, 0.05) is 42.0 Å². The maximum Gasteiger partial charge on any atom is 3.00 e. The predicted octanol–water partition coefficient (Wildman–Crippen LogP) is 14.5. The normalized spacial score (nSPS) is 13.3. The molecule has 0 unspecified atom stereocenters. The van der Waals surface area contributed by atoms with Crippen LogP contribution in [0.25, 0.3) is 66.9 Å². The third-order valence-corrected chi connectivity index (χ3v) is 10.4. The molecule has 0 saturated heterocycles. The number of hydrogen-bond acceptors (Lipinski definition) is 3. The standard InChI is InChI=1S/C37H30N3.C24H16.Ir/c1-2-10-32(11-3-1)37-19-18-33(27-40-37)35-12-4-5-13-36(35)34-23-30(16-14-28-8-6-20-38-25-28)22-31(24-34)17-15-29-9-7-21-39-26-29;1-3-7-19(8-4-1)21-11-15-23(16-12-21)24-17-13-22(14-18-24)20-9-5-2-6-10-20;/h1-10,12-13,18-27H,14-17H2;1-15,17H;/q-1;-2;+3/i14D2,15D2,16D2,17D2;;. The molecular formula is C61H46IrN3. The molecule has 4 heteroatoms. The van der Waals surface area contributed by atoms with Gasteiger partial charge in [-0.25, -0.2) is 11.1 Å². The summed E-state index contributed by atoms with van der Waals surface area (Å²) >= 11 is 0. The van der Waals surface area contributed by atoms with Crippen molar-refractivity contribution in [1.29, 1.82) is 0 Å². The van der Waals surface area contributed by atoms with Gasteiger partial charge in [-0.2, -0.15) is 24.3 Å². The number of nitrogens with zero attached hydrogens (tertiary/aromatic N) is 3. The van der Waals surface area contributed by atoms with E-state index in [2.05, 4.69) is 106 Å². The topological polar surface area (TPSA) is 38.7 Å². The number of aryl methyl sites for hydroxylation is 4. The maximum absolute atomic E-state index is 9.14. The van der Waals surface area contributed by atoms with Crippen LogP contribution in [0.2, 0.25) is 0 Å². The van der Waals surface area contributed by atoms with Crippen LogP contribution in [0.15, 0.2) is 231 Å². The van der Waals surface area contributed by atoms with Crippen molar-refractivity contribution >= 4 is 0 Å². The number of pyridine rings is 3. The Hall–Kier alpha value is -7.36. The Labute approximate surface area is 408 Å². The monoisotopic (exact) mass is 1020 g/mol. The first-order valence-electron chi connectivity index (χ1n) is 24.9. The minimum absolute atomic E-state index is 0. The van der Waals surface area contributed by atoms with E-state index in [9.17, 15) is 0 Å². The number of benzene rings is 7. The van der Waals surface area contributed by atoms with Gasteiger partial charge >= 0.3 is 20.1 Å². The molecule has 314 valence electrons. The third-order valence-electron chi connectivity index (χ3n) is 10.4. The second-order valence-corrected chi connectivity index (χ2v) is 14.8. The largest absolute Gasteiger partial charge is 3.00 e. The first-order valence-corrected chi connectivity index (χ1v) is 20.9. The molecule has 0 aliphatic carbocycles. The van der Waals surface area contributed by atoms with Crippen LogP contribution in [0.5, 0.6) is 0 Å². The zero-order chi connectivity index (χ0) is 50.4. The molecule has 3 heterocycles. The van der Waals surface area contributed by atoms with Crippen LogP contribution >= 0.6 is 0 Å². The quantitative estimate of drug-likeness (QED) is 0.114. The van der Waals surface area contributed by atoms with Gasteiger partial charge in [0.05, 0.1) is 0 Å². The number of aromatic nitrogens is 3. The van der Waals surface area contributed by atoms with Crippen molar-refractivity contribution in [3.8, 4) is 66.9 Å². The zero-order valence-electron chi connectivity index (χ0n) is 43.1. The molecule has 0 radical (unpaired) electrons. The zero-order valence-corrected chi connectivity index (χ0v) is 37.5. The molecule has 0 bridgehead atoms. The summed E-state index contributed by atoms with van der Waals surface area (Å²) in [5.41, 5.74) is 10.7. The molecule has 0 spiro atoms. The molecule has 0 amide bonds. The minimum atomic E-state index is -2.69. The van der Waals surface area contributed by atoms with E-state index in [1.54, 1.807) is 12.3 Å². The van der Waals surface area contributed by atoms with Gasteiger partial charge in [0.2, 0.25) is 0 Å². The van der Waals surface area contributed by atoms with Crippen molar-refractivity contribution in [1.82, 2.24) is 15.0 Å². The molecule has 0 N–H and O–H groups in total. The van der Waals surface area contributed by atoms with Crippen molar-refractivity contribution in [3.63, 3.8) is 0 Å². The molecule has 0 saturated carbocycles. The SMILES string of the molecule is [2H]C([2H])(c1cccnc1)C([2H])([2H])c1cc(-c2ccccc2-c2ccc(-c3[c-]cccc3)nc2)cc(C([2H])([2H])C([2H])([2H])c2cccnc2)c1.[Ir+3].[c-]1cc(-c2ccccc2)ccc1-c1[c-]cc(-c2ccccc2)cc1. The maximum atomic E-state index is 9.14. The summed E-state index contributed by atoms with van der Waals surface area (Å²) in [6, 6.07) is 72.1. The van der Waals surface area contributed by atoms with Crippen LogP contribution in [-0.4, -0.2) is 15.0 Å². The van der Waals surface area contributed by atoms with Gasteiger partial charge in [-0.1, -0.05) is 139 Å². The van der Waals surface area contributed by atoms with Crippen LogP contribution in [-0.2, 0) is 45.6 Å². The average molecular weight is 1020 g/mol. The van der Waals surface area contributed by atoms with Gasteiger partial charge < -0.3 is 4.98 Å². The van der Waals surface area contributed by atoms with Crippen molar-refractivity contribution in [2.75, 3.05) is 0 Å². The van der Waals surface area contributed by atoms with Crippen LogP contribution in [0.4, 0.5) is 0 Å². The summed E-state index contributed by atoms with van der Waals surface area (Å²) in [6.45, 7) is 0. The molecule has 0 aliphatic heterocycles. The summed E-state index contributed by atoms with van der Waals surface area (Å²) in [6.07, 6.45) is -3.35. The fraction of sp³-hybridized carbons (Fsp3) is 0.0656. The van der Waals surface area contributed by atoms with E-state index in [0.29, 0.717) is 11.1 Å². The van der Waals surface area contributed by atoms with Gasteiger partial charge in [-0.3, -0.25) is 9.97 Å². The number of rotatable bonds is 12. The molecule has 0 fully saturated rings. The van der Waals surface area contributed by atoms with Gasteiger partial charge in [-0.15, -0.1) is 71.3 Å². The first kappa shape index (κ1) is 35.0. The molecule has 10 aromatic rings. The van der Waals surface area contributed by atoms with Crippen LogP contribution in [0.1, 0.15) is 33.2 Å². The van der Waals surface area contributed by atoms with Crippen molar-refractivity contribution in [2.45, 2.75) is 25.5 Å². The van der Waals surface area contributed by atoms with Crippen molar-refractivity contribution in [3.05, 3.63) is 272 Å². The summed E-state index contributed by atoms with van der Waals surface area (Å²) in [7, 11) is 0. The number of hydrogen-bond donors (Lipinski definition) is 0. The molecule has 0 atom stereocenters. The van der Waals surface area contributed by atoms with Gasteiger partial charge in [0.15, 0.2) is 0 Å². The van der Waals surface area contributed by atoms with Crippen LogP contribution < -0.4 is 0 Å². The predicted molar refractivity (Wildman–Crippen MR) is 263 cm³/mol. The fourth-order valence-corrected chi connectivity index (χ4v) is 7.15. The Morgan fingerprint density at radius 2 is 0.877 bits per heavy atom. The molecule has 3 aromatic heterocycles. The van der Waals surface area contributed by atoms with E-state index in [1.165, 1.54) is 89.5 Å². The second kappa shape index (κ2) is 22.3. The summed E-state index contributed by atoms with van der Waals surface area (Å²) in [4.78, 5) is 12.6. The van der Waals surface area contributed by atoms with Crippen molar-refractivity contribution in [2.24, 2.45) is 0 Å². The van der Waals surface area contributed by atoms with E-state index in [0.717, 1.165) is 33.5 Å². The van der Waals surface area contributed by atoms with E-state index < -0.39 is 25.5 Å². The molecular weight excluding hydrogens is 967 g/mol. The van der Waals surface area contributed by atoms with E-state index in [1.807, 2.05) is 78.9 Å².